The zero-order chi connectivity index (χ0) is 9.97. The van der Waals surface area contributed by atoms with Crippen LogP contribution in [0, 0.1) is 5.92 Å². The molecule has 4 atom stereocenters. The van der Waals surface area contributed by atoms with Crippen molar-refractivity contribution in [2.75, 3.05) is 26.9 Å². The molecule has 2 rings (SSSR count). The van der Waals surface area contributed by atoms with Crippen LogP contribution in [-0.4, -0.2) is 44.4 Å². The Kier molecular flexibility index (Phi) is 3.71. The topological polar surface area (TPSA) is 27.7 Å². The predicted octanol–water partition coefficient (Wildman–Crippen LogP) is 1.13. The van der Waals surface area contributed by atoms with Gasteiger partial charge in [-0.15, -0.1) is 0 Å². The number of ether oxygens (including phenoxy) is 3. The van der Waals surface area contributed by atoms with E-state index in [1.807, 2.05) is 0 Å². The summed E-state index contributed by atoms with van der Waals surface area (Å²) in [5, 5.41) is 0.271. The van der Waals surface area contributed by atoms with E-state index >= 15 is 0 Å². The summed E-state index contributed by atoms with van der Waals surface area (Å²) in [5.41, 5.74) is 0. The van der Waals surface area contributed by atoms with Crippen LogP contribution < -0.4 is 0 Å². The van der Waals surface area contributed by atoms with Crippen molar-refractivity contribution in [2.24, 2.45) is 5.92 Å². The van der Waals surface area contributed by atoms with Crippen LogP contribution in [0.15, 0.2) is 0 Å². The van der Waals surface area contributed by atoms with Gasteiger partial charge in [0.05, 0.1) is 30.7 Å². The molecule has 2 fully saturated rings. The highest BCUT2D eigenvalue weighted by atomic mass is 32.1. The average Bonchev–Trinajstić information content (AvgIpc) is 2.72. The number of fused-ring (bicyclic) bond motifs is 1. The molecular formula is C10H18O3S. The molecule has 82 valence electrons. The molecule has 4 heteroatoms. The molecule has 0 aromatic rings. The normalized spacial score (nSPS) is 41.6. The highest BCUT2D eigenvalue weighted by molar-refractivity contribution is 7.81. The molecule has 0 radical (unpaired) electrons. The smallest absolute Gasteiger partial charge is 0.0978 e. The van der Waals surface area contributed by atoms with Gasteiger partial charge in [0.2, 0.25) is 0 Å². The van der Waals surface area contributed by atoms with E-state index in [1.54, 1.807) is 7.11 Å². The van der Waals surface area contributed by atoms with Crippen LogP contribution in [0.1, 0.15) is 12.8 Å². The Morgan fingerprint density at radius 2 is 2.07 bits per heavy atom. The fraction of sp³-hybridized carbons (Fsp3) is 1.00. The summed E-state index contributed by atoms with van der Waals surface area (Å²) < 4.78 is 16.4. The van der Waals surface area contributed by atoms with Crippen LogP contribution in [0.5, 0.6) is 0 Å². The third-order valence-electron chi connectivity index (χ3n) is 3.05. The Labute approximate surface area is 90.5 Å². The van der Waals surface area contributed by atoms with Crippen molar-refractivity contribution in [3.05, 3.63) is 0 Å². The summed E-state index contributed by atoms with van der Waals surface area (Å²) in [5.74, 6) is 0.548. The first-order valence-corrected chi connectivity index (χ1v) is 5.75. The van der Waals surface area contributed by atoms with Gasteiger partial charge in [-0.3, -0.25) is 0 Å². The zero-order valence-electron chi connectivity index (χ0n) is 8.52. The standard InChI is InChI=1S/C10H18O3S/c1-11-4-2-3-7-5-12-10-8(14)6-13-9(7)10/h7-10,14H,2-6H2,1H3. The minimum Gasteiger partial charge on any atom is -0.385 e. The van der Waals surface area contributed by atoms with E-state index in [1.165, 1.54) is 0 Å². The molecule has 0 saturated carbocycles. The van der Waals surface area contributed by atoms with Crippen molar-refractivity contribution in [2.45, 2.75) is 30.3 Å². The largest absolute Gasteiger partial charge is 0.385 e. The lowest BCUT2D eigenvalue weighted by Crippen LogP contribution is -2.26. The lowest BCUT2D eigenvalue weighted by Gasteiger charge is -2.15. The predicted molar refractivity (Wildman–Crippen MR) is 56.9 cm³/mol. The first-order chi connectivity index (χ1) is 6.83. The summed E-state index contributed by atoms with van der Waals surface area (Å²) in [4.78, 5) is 0. The van der Waals surface area contributed by atoms with Gasteiger partial charge in [-0.2, -0.15) is 12.6 Å². The van der Waals surface area contributed by atoms with Crippen LogP contribution in [0.25, 0.3) is 0 Å². The molecule has 3 nitrogen and oxygen atoms in total. The second kappa shape index (κ2) is 4.84. The second-order valence-corrected chi connectivity index (χ2v) is 4.72. The Bertz CT molecular complexity index is 188. The summed E-state index contributed by atoms with van der Waals surface area (Å²) in [6.07, 6.45) is 2.74. The van der Waals surface area contributed by atoms with Gasteiger partial charge in [0.1, 0.15) is 0 Å². The zero-order valence-corrected chi connectivity index (χ0v) is 9.41. The van der Waals surface area contributed by atoms with Crippen LogP contribution in [0.3, 0.4) is 0 Å². The molecule has 0 bridgehead atoms. The molecule has 2 saturated heterocycles. The van der Waals surface area contributed by atoms with Crippen LogP contribution in [0.4, 0.5) is 0 Å². The number of hydrogen-bond acceptors (Lipinski definition) is 4. The third-order valence-corrected chi connectivity index (χ3v) is 3.50. The van der Waals surface area contributed by atoms with E-state index in [-0.39, 0.29) is 17.5 Å². The lowest BCUT2D eigenvalue weighted by molar-refractivity contribution is 0.0604. The Morgan fingerprint density at radius 1 is 1.29 bits per heavy atom. The molecule has 2 aliphatic heterocycles. The average molecular weight is 218 g/mol. The van der Waals surface area contributed by atoms with Crippen molar-refractivity contribution in [3.8, 4) is 0 Å². The minimum absolute atomic E-state index is 0.228. The van der Waals surface area contributed by atoms with Gasteiger partial charge in [0, 0.05) is 19.6 Å². The summed E-state index contributed by atoms with van der Waals surface area (Å²) >= 11 is 4.44. The highest BCUT2D eigenvalue weighted by Crippen LogP contribution is 2.35. The lowest BCUT2D eigenvalue weighted by atomic mass is 9.97. The summed E-state index contributed by atoms with van der Waals surface area (Å²) in [6.45, 7) is 2.40. The Hall–Kier alpha value is 0.230. The number of methoxy groups -OCH3 is 1. The van der Waals surface area contributed by atoms with Gasteiger partial charge in [0.15, 0.2) is 0 Å². The van der Waals surface area contributed by atoms with Crippen molar-refractivity contribution < 1.29 is 14.2 Å². The first kappa shape index (κ1) is 10.7. The molecule has 0 aromatic carbocycles. The van der Waals surface area contributed by atoms with E-state index in [2.05, 4.69) is 12.6 Å². The van der Waals surface area contributed by atoms with Crippen molar-refractivity contribution in [1.29, 1.82) is 0 Å². The van der Waals surface area contributed by atoms with E-state index in [9.17, 15) is 0 Å². The highest BCUT2D eigenvalue weighted by Gasteiger charge is 2.45. The molecular weight excluding hydrogens is 200 g/mol. The first-order valence-electron chi connectivity index (χ1n) is 5.23. The van der Waals surface area contributed by atoms with Crippen molar-refractivity contribution in [1.82, 2.24) is 0 Å². The van der Waals surface area contributed by atoms with E-state index < -0.39 is 0 Å². The summed E-state index contributed by atoms with van der Waals surface area (Å²) in [6, 6.07) is 0. The number of rotatable bonds is 4. The molecule has 2 heterocycles. The second-order valence-electron chi connectivity index (χ2n) is 4.06. The van der Waals surface area contributed by atoms with Crippen LogP contribution >= 0.6 is 12.6 Å². The minimum atomic E-state index is 0.228. The third kappa shape index (κ3) is 2.08. The maximum absolute atomic E-state index is 5.69. The van der Waals surface area contributed by atoms with Gasteiger partial charge in [-0.1, -0.05) is 0 Å². The Morgan fingerprint density at radius 3 is 2.86 bits per heavy atom. The molecule has 0 aromatic heterocycles. The fourth-order valence-electron chi connectivity index (χ4n) is 2.30. The van der Waals surface area contributed by atoms with Gasteiger partial charge < -0.3 is 14.2 Å². The van der Waals surface area contributed by atoms with E-state index in [0.717, 1.165) is 32.7 Å². The fourth-order valence-corrected chi connectivity index (χ4v) is 2.64. The molecule has 14 heavy (non-hydrogen) atoms. The quantitative estimate of drug-likeness (QED) is 0.566. The maximum Gasteiger partial charge on any atom is 0.0978 e. The van der Waals surface area contributed by atoms with Gasteiger partial charge in [0.25, 0.3) is 0 Å². The summed E-state index contributed by atoms with van der Waals surface area (Å²) in [7, 11) is 1.74. The van der Waals surface area contributed by atoms with Crippen LogP contribution in [-0.2, 0) is 14.2 Å². The SMILES string of the molecule is COCCCC1COC2C(S)COC12. The molecule has 0 N–H and O–H groups in total. The molecule has 0 amide bonds. The van der Waals surface area contributed by atoms with Crippen molar-refractivity contribution >= 4 is 12.6 Å². The maximum atomic E-state index is 5.69. The van der Waals surface area contributed by atoms with Crippen LogP contribution in [0.2, 0.25) is 0 Å². The molecule has 0 spiro atoms. The van der Waals surface area contributed by atoms with E-state index in [0.29, 0.717) is 5.92 Å². The number of thiol groups is 1. The van der Waals surface area contributed by atoms with E-state index in [4.69, 9.17) is 14.2 Å². The number of hydrogen-bond donors (Lipinski definition) is 1. The monoisotopic (exact) mass is 218 g/mol. The van der Waals surface area contributed by atoms with Gasteiger partial charge >= 0.3 is 0 Å². The Balaban J connectivity index is 1.78. The van der Waals surface area contributed by atoms with Gasteiger partial charge in [-0.25, -0.2) is 0 Å². The molecule has 2 aliphatic rings. The molecule has 4 unspecified atom stereocenters. The molecule has 0 aliphatic carbocycles. The van der Waals surface area contributed by atoms with Gasteiger partial charge in [-0.05, 0) is 12.8 Å². The van der Waals surface area contributed by atoms with Crippen molar-refractivity contribution in [3.63, 3.8) is 0 Å².